The minimum Gasteiger partial charge on any atom is -0.467 e. The first-order chi connectivity index (χ1) is 13.0. The number of aromatic nitrogens is 2. The third-order valence-corrected chi connectivity index (χ3v) is 5.92. The minimum absolute atomic E-state index is 0.0645. The van der Waals surface area contributed by atoms with E-state index in [9.17, 15) is 4.79 Å². The molecule has 0 saturated carbocycles. The maximum atomic E-state index is 12.2. The van der Waals surface area contributed by atoms with Gasteiger partial charge in [-0.25, -0.2) is 0 Å². The number of thioether (sulfide) groups is 1. The molecule has 0 aliphatic rings. The van der Waals surface area contributed by atoms with Crippen LogP contribution in [0.3, 0.4) is 0 Å². The molecule has 8 heteroatoms. The van der Waals surface area contributed by atoms with Crippen LogP contribution in [0, 0.1) is 0 Å². The zero-order chi connectivity index (χ0) is 19.2. The van der Waals surface area contributed by atoms with Gasteiger partial charge < -0.3 is 15.1 Å². The Hall–Kier alpha value is -2.32. The number of nitrogens with one attached hydrogen (secondary N) is 2. The van der Waals surface area contributed by atoms with Gasteiger partial charge in [-0.15, -0.1) is 10.2 Å². The van der Waals surface area contributed by atoms with Crippen molar-refractivity contribution in [1.29, 1.82) is 0 Å². The van der Waals surface area contributed by atoms with Gasteiger partial charge in [-0.05, 0) is 42.7 Å². The van der Waals surface area contributed by atoms with Crippen molar-refractivity contribution in [1.82, 2.24) is 15.5 Å². The molecule has 0 fully saturated rings. The number of hydrogen-bond acceptors (Lipinski definition) is 7. The molecule has 27 heavy (non-hydrogen) atoms. The third-order valence-electron chi connectivity index (χ3n) is 3.90. The van der Waals surface area contributed by atoms with Gasteiger partial charge in [0.1, 0.15) is 5.76 Å². The lowest BCUT2D eigenvalue weighted by molar-refractivity contribution is -0.120. The molecule has 0 bridgehead atoms. The fourth-order valence-corrected chi connectivity index (χ4v) is 4.26. The molecule has 6 nitrogen and oxygen atoms in total. The number of nitrogens with zero attached hydrogens (tertiary/aromatic N) is 2. The Morgan fingerprint density at radius 2 is 1.96 bits per heavy atom. The lowest BCUT2D eigenvalue weighted by Gasteiger charge is -2.09. The highest BCUT2D eigenvalue weighted by molar-refractivity contribution is 8.02. The van der Waals surface area contributed by atoms with E-state index in [0.29, 0.717) is 17.6 Å². The summed E-state index contributed by atoms with van der Waals surface area (Å²) < 4.78 is 5.96. The maximum Gasteiger partial charge on any atom is 0.233 e. The molecule has 1 aromatic carbocycles. The SMILES string of the molecule is CC(C)c1ccc(Nc2nnc(S[C@@H](C)C(=O)NCc3ccco3)s2)cc1. The third kappa shape index (κ3) is 5.58. The van der Waals surface area contributed by atoms with E-state index in [1.54, 1.807) is 12.3 Å². The van der Waals surface area contributed by atoms with E-state index < -0.39 is 0 Å². The van der Waals surface area contributed by atoms with Gasteiger partial charge in [0.25, 0.3) is 0 Å². The molecule has 0 unspecified atom stereocenters. The first-order valence-corrected chi connectivity index (χ1v) is 10.4. The summed E-state index contributed by atoms with van der Waals surface area (Å²) in [4.78, 5) is 12.2. The largest absolute Gasteiger partial charge is 0.467 e. The number of hydrogen-bond donors (Lipinski definition) is 2. The number of anilines is 2. The molecule has 0 aliphatic carbocycles. The first-order valence-electron chi connectivity index (χ1n) is 8.68. The highest BCUT2D eigenvalue weighted by Gasteiger charge is 2.17. The molecule has 0 saturated heterocycles. The molecule has 1 amide bonds. The fraction of sp³-hybridized carbons (Fsp3) is 0.316. The molecule has 2 aromatic heterocycles. The predicted octanol–water partition coefficient (Wildman–Crippen LogP) is 4.80. The van der Waals surface area contributed by atoms with Gasteiger partial charge in [0.2, 0.25) is 11.0 Å². The monoisotopic (exact) mass is 402 g/mol. The van der Waals surface area contributed by atoms with Gasteiger partial charge in [0, 0.05) is 5.69 Å². The molecule has 1 atom stereocenters. The van der Waals surface area contributed by atoms with Gasteiger partial charge in [0.05, 0.1) is 18.1 Å². The van der Waals surface area contributed by atoms with Crippen LogP contribution in [0.15, 0.2) is 51.4 Å². The quantitative estimate of drug-likeness (QED) is 0.527. The lowest BCUT2D eigenvalue weighted by Crippen LogP contribution is -2.30. The van der Waals surface area contributed by atoms with Crippen LogP contribution >= 0.6 is 23.1 Å². The van der Waals surface area contributed by atoms with Crippen molar-refractivity contribution < 1.29 is 9.21 Å². The molecule has 0 radical (unpaired) electrons. The Morgan fingerprint density at radius 3 is 2.63 bits per heavy atom. The highest BCUT2D eigenvalue weighted by atomic mass is 32.2. The molecule has 0 aliphatic heterocycles. The Labute approximate surface area is 166 Å². The van der Waals surface area contributed by atoms with Gasteiger partial charge in [-0.3, -0.25) is 4.79 Å². The van der Waals surface area contributed by atoms with E-state index >= 15 is 0 Å². The lowest BCUT2D eigenvalue weighted by atomic mass is 10.0. The number of rotatable bonds is 8. The average Bonchev–Trinajstić information content (AvgIpc) is 3.32. The summed E-state index contributed by atoms with van der Waals surface area (Å²) in [6, 6.07) is 11.9. The van der Waals surface area contributed by atoms with E-state index in [4.69, 9.17) is 4.42 Å². The number of furan rings is 1. The van der Waals surface area contributed by atoms with E-state index in [2.05, 4.69) is 46.8 Å². The summed E-state index contributed by atoms with van der Waals surface area (Å²) in [7, 11) is 0. The van der Waals surface area contributed by atoms with Crippen LogP contribution in [0.2, 0.25) is 0 Å². The second-order valence-corrected chi connectivity index (χ2v) is 8.90. The van der Waals surface area contributed by atoms with E-state index in [-0.39, 0.29) is 11.2 Å². The zero-order valence-electron chi connectivity index (χ0n) is 15.4. The van der Waals surface area contributed by atoms with Crippen LogP contribution < -0.4 is 10.6 Å². The number of benzene rings is 1. The molecule has 142 valence electrons. The summed E-state index contributed by atoms with van der Waals surface area (Å²) in [6.07, 6.45) is 1.59. The minimum atomic E-state index is -0.272. The van der Waals surface area contributed by atoms with Crippen molar-refractivity contribution in [2.45, 2.75) is 42.8 Å². The second kappa shape index (κ2) is 9.05. The summed E-state index contributed by atoms with van der Waals surface area (Å²) in [5.74, 6) is 1.17. The molecule has 3 aromatic rings. The molecule has 0 spiro atoms. The van der Waals surface area contributed by atoms with Crippen LogP contribution in [0.4, 0.5) is 10.8 Å². The van der Waals surface area contributed by atoms with Crippen molar-refractivity contribution in [3.05, 3.63) is 54.0 Å². The first kappa shape index (κ1) is 19.4. The van der Waals surface area contributed by atoms with Crippen LogP contribution in [0.1, 0.15) is 38.0 Å². The van der Waals surface area contributed by atoms with Crippen molar-refractivity contribution in [3.8, 4) is 0 Å². The van der Waals surface area contributed by atoms with E-state index in [1.165, 1.54) is 28.7 Å². The summed E-state index contributed by atoms with van der Waals surface area (Å²) in [5, 5.41) is 14.9. The summed E-state index contributed by atoms with van der Waals surface area (Å²) >= 11 is 2.82. The summed E-state index contributed by atoms with van der Waals surface area (Å²) in [6.45, 7) is 6.57. The second-order valence-electron chi connectivity index (χ2n) is 6.33. The average molecular weight is 403 g/mol. The Bertz CT molecular complexity index is 860. The van der Waals surface area contributed by atoms with Crippen LogP contribution in [0.5, 0.6) is 0 Å². The van der Waals surface area contributed by atoms with Crippen molar-refractivity contribution in [3.63, 3.8) is 0 Å². The smallest absolute Gasteiger partial charge is 0.233 e. The molecule has 3 rings (SSSR count). The Kier molecular flexibility index (Phi) is 6.52. The standard InChI is InChI=1S/C19H22N4O2S2/c1-12(2)14-6-8-15(9-7-14)21-18-22-23-19(27-18)26-13(3)17(24)20-11-16-5-4-10-25-16/h4-10,12-13H,11H2,1-3H3,(H,20,24)(H,21,22)/t13-/m0/s1. The van der Waals surface area contributed by atoms with Crippen LogP contribution in [0.25, 0.3) is 0 Å². The predicted molar refractivity (Wildman–Crippen MR) is 110 cm³/mol. The van der Waals surface area contributed by atoms with Crippen molar-refractivity contribution in [2.24, 2.45) is 0 Å². The van der Waals surface area contributed by atoms with Crippen LogP contribution in [-0.4, -0.2) is 21.4 Å². The maximum absolute atomic E-state index is 12.2. The van der Waals surface area contributed by atoms with E-state index in [1.807, 2.05) is 25.1 Å². The highest BCUT2D eigenvalue weighted by Crippen LogP contribution is 2.30. The molecule has 2 heterocycles. The normalized spacial score (nSPS) is 12.1. The van der Waals surface area contributed by atoms with Gasteiger partial charge in [0.15, 0.2) is 4.34 Å². The molecule has 2 N–H and O–H groups in total. The van der Waals surface area contributed by atoms with Gasteiger partial charge in [-0.2, -0.15) is 0 Å². The van der Waals surface area contributed by atoms with Gasteiger partial charge >= 0.3 is 0 Å². The Balaban J connectivity index is 1.51. The van der Waals surface area contributed by atoms with Crippen LogP contribution in [-0.2, 0) is 11.3 Å². The fourth-order valence-electron chi connectivity index (χ4n) is 2.32. The number of carbonyl (C=O) groups excluding carboxylic acids is 1. The van der Waals surface area contributed by atoms with Crippen molar-refractivity contribution in [2.75, 3.05) is 5.32 Å². The summed E-state index contributed by atoms with van der Waals surface area (Å²) in [5.41, 5.74) is 2.26. The zero-order valence-corrected chi connectivity index (χ0v) is 17.1. The topological polar surface area (TPSA) is 80.0 Å². The van der Waals surface area contributed by atoms with E-state index in [0.717, 1.165) is 15.8 Å². The number of amides is 1. The molecular weight excluding hydrogens is 380 g/mol. The molecular formula is C19H22N4O2S2. The van der Waals surface area contributed by atoms with Crippen molar-refractivity contribution >= 4 is 39.8 Å². The number of carbonyl (C=O) groups is 1. The Morgan fingerprint density at radius 1 is 1.19 bits per heavy atom. The van der Waals surface area contributed by atoms with Gasteiger partial charge in [-0.1, -0.05) is 49.1 Å².